The van der Waals surface area contributed by atoms with Crippen molar-refractivity contribution < 1.29 is 23.5 Å². The number of amides is 2. The molecular formula is C26H25F2N3O4. The van der Waals surface area contributed by atoms with Crippen LogP contribution in [0.5, 0.6) is 5.75 Å². The van der Waals surface area contributed by atoms with Crippen LogP contribution in [0.2, 0.25) is 0 Å². The minimum atomic E-state index is -0.999. The highest BCUT2D eigenvalue weighted by Gasteiger charge is 2.32. The Morgan fingerprint density at radius 3 is 2.57 bits per heavy atom. The Kier molecular flexibility index (Phi) is 6.68. The number of aromatic hydroxyl groups is 1. The standard InChI is InChI=1S/C26H25F2N3O4/c1-3-6-16-7-4-5-8-20(16)31-12-11-30-14-18(23(32)24(33)22(30)26(31)35)25(34)29-13-17-9-10-19(27)15(2)21(17)28/h4-5,7-10,14,33H,3,6,11-13H2,1-2H3,(H,29,34). The first kappa shape index (κ1) is 24.1. The van der Waals surface area contributed by atoms with E-state index in [9.17, 15) is 28.3 Å². The van der Waals surface area contributed by atoms with Gasteiger partial charge in [-0.3, -0.25) is 14.4 Å². The minimum absolute atomic E-state index is 0.0519. The van der Waals surface area contributed by atoms with Crippen LogP contribution < -0.4 is 15.6 Å². The van der Waals surface area contributed by atoms with Crippen molar-refractivity contribution in [1.82, 2.24) is 9.88 Å². The Morgan fingerprint density at radius 1 is 1.09 bits per heavy atom. The van der Waals surface area contributed by atoms with Crippen LogP contribution in [0.3, 0.4) is 0 Å². The van der Waals surface area contributed by atoms with E-state index < -0.39 is 34.6 Å². The molecule has 0 saturated carbocycles. The molecule has 0 aliphatic carbocycles. The van der Waals surface area contributed by atoms with Crippen LogP contribution >= 0.6 is 0 Å². The van der Waals surface area contributed by atoms with Crippen molar-refractivity contribution in [3.63, 3.8) is 0 Å². The zero-order valence-electron chi connectivity index (χ0n) is 19.4. The number of carbonyl (C=O) groups excluding carboxylic acids is 2. The van der Waals surface area contributed by atoms with Crippen molar-refractivity contribution in [3.8, 4) is 5.75 Å². The molecule has 2 N–H and O–H groups in total. The van der Waals surface area contributed by atoms with Crippen LogP contribution in [-0.4, -0.2) is 28.0 Å². The van der Waals surface area contributed by atoms with Crippen LogP contribution in [0.4, 0.5) is 14.5 Å². The molecule has 35 heavy (non-hydrogen) atoms. The maximum Gasteiger partial charge on any atom is 0.278 e. The van der Waals surface area contributed by atoms with E-state index in [2.05, 4.69) is 5.32 Å². The van der Waals surface area contributed by atoms with Crippen LogP contribution in [0.15, 0.2) is 47.4 Å². The molecule has 1 aliphatic heterocycles. The number of carbonyl (C=O) groups is 2. The first-order chi connectivity index (χ1) is 16.7. The van der Waals surface area contributed by atoms with Crippen molar-refractivity contribution in [2.45, 2.75) is 39.8 Å². The van der Waals surface area contributed by atoms with Gasteiger partial charge in [0, 0.05) is 42.6 Å². The zero-order chi connectivity index (χ0) is 25.3. The number of aryl methyl sites for hydroxylation is 1. The molecule has 0 radical (unpaired) electrons. The molecule has 0 bridgehead atoms. The molecule has 2 aromatic carbocycles. The molecule has 0 saturated heterocycles. The van der Waals surface area contributed by atoms with Crippen molar-refractivity contribution in [2.24, 2.45) is 0 Å². The maximum atomic E-state index is 14.2. The zero-order valence-corrected chi connectivity index (χ0v) is 19.4. The van der Waals surface area contributed by atoms with Gasteiger partial charge in [-0.25, -0.2) is 8.78 Å². The molecule has 3 aromatic rings. The highest BCUT2D eigenvalue weighted by molar-refractivity contribution is 6.08. The third-order valence-electron chi connectivity index (χ3n) is 6.15. The van der Waals surface area contributed by atoms with Crippen molar-refractivity contribution >= 4 is 17.5 Å². The molecule has 4 rings (SSSR count). The predicted octanol–water partition coefficient (Wildman–Crippen LogP) is 3.68. The number of anilines is 1. The van der Waals surface area contributed by atoms with Gasteiger partial charge in [-0.15, -0.1) is 0 Å². The number of aromatic nitrogens is 1. The molecule has 1 aliphatic rings. The lowest BCUT2D eigenvalue weighted by Gasteiger charge is -2.31. The van der Waals surface area contributed by atoms with E-state index in [0.29, 0.717) is 0 Å². The molecule has 7 nitrogen and oxygen atoms in total. The lowest BCUT2D eigenvalue weighted by molar-refractivity contribution is 0.0935. The molecule has 1 aromatic heterocycles. The molecule has 0 atom stereocenters. The number of pyridine rings is 1. The molecule has 0 fully saturated rings. The number of benzene rings is 2. The maximum absolute atomic E-state index is 14.2. The molecule has 182 valence electrons. The van der Waals surface area contributed by atoms with Crippen LogP contribution in [0.25, 0.3) is 0 Å². The summed E-state index contributed by atoms with van der Waals surface area (Å²) in [6.07, 6.45) is 2.89. The second kappa shape index (κ2) is 9.69. The second-order valence-corrected chi connectivity index (χ2v) is 8.43. The molecule has 2 amide bonds. The third-order valence-corrected chi connectivity index (χ3v) is 6.15. The highest BCUT2D eigenvalue weighted by Crippen LogP contribution is 2.28. The van der Waals surface area contributed by atoms with Gasteiger partial charge in [0.25, 0.3) is 11.8 Å². The van der Waals surface area contributed by atoms with Gasteiger partial charge < -0.3 is 19.9 Å². The van der Waals surface area contributed by atoms with Gasteiger partial charge in [-0.2, -0.15) is 0 Å². The monoisotopic (exact) mass is 481 g/mol. The van der Waals surface area contributed by atoms with E-state index in [-0.39, 0.29) is 42.0 Å². The third kappa shape index (κ3) is 4.41. The summed E-state index contributed by atoms with van der Waals surface area (Å²) in [6, 6.07) is 9.78. The van der Waals surface area contributed by atoms with Gasteiger partial charge in [0.15, 0.2) is 11.4 Å². The summed E-state index contributed by atoms with van der Waals surface area (Å²) in [5.41, 5.74) is 0.0145. The van der Waals surface area contributed by atoms with E-state index in [1.54, 1.807) is 0 Å². The average Bonchev–Trinajstić information content (AvgIpc) is 2.85. The summed E-state index contributed by atoms with van der Waals surface area (Å²) < 4.78 is 29.1. The summed E-state index contributed by atoms with van der Waals surface area (Å²) in [5, 5.41) is 13.0. The fourth-order valence-electron chi connectivity index (χ4n) is 4.26. The fourth-order valence-corrected chi connectivity index (χ4v) is 4.26. The predicted molar refractivity (Wildman–Crippen MR) is 127 cm³/mol. The van der Waals surface area contributed by atoms with E-state index in [4.69, 9.17) is 0 Å². The quantitative estimate of drug-likeness (QED) is 0.562. The number of hydrogen-bond donors (Lipinski definition) is 2. The van der Waals surface area contributed by atoms with Crippen molar-refractivity contribution in [1.29, 1.82) is 0 Å². The summed E-state index contributed by atoms with van der Waals surface area (Å²) in [5.74, 6) is -3.68. The molecule has 2 heterocycles. The SMILES string of the molecule is CCCc1ccccc1N1CCn2cc(C(=O)NCc3ccc(F)c(C)c3F)c(=O)c(O)c2C1=O. The van der Waals surface area contributed by atoms with Gasteiger partial charge in [0.2, 0.25) is 5.43 Å². The Labute approximate surface area is 200 Å². The van der Waals surface area contributed by atoms with Gasteiger partial charge in [0.1, 0.15) is 17.2 Å². The number of rotatable bonds is 6. The Hall–Kier alpha value is -4.01. The van der Waals surface area contributed by atoms with Crippen LogP contribution in [0.1, 0.15) is 50.9 Å². The molecular weight excluding hydrogens is 456 g/mol. The summed E-state index contributed by atoms with van der Waals surface area (Å²) >= 11 is 0. The van der Waals surface area contributed by atoms with Crippen LogP contribution in [-0.2, 0) is 19.5 Å². The first-order valence-electron chi connectivity index (χ1n) is 11.3. The Morgan fingerprint density at radius 2 is 1.83 bits per heavy atom. The van der Waals surface area contributed by atoms with Gasteiger partial charge in [-0.1, -0.05) is 37.6 Å². The van der Waals surface area contributed by atoms with E-state index in [0.717, 1.165) is 30.2 Å². The van der Waals surface area contributed by atoms with E-state index in [1.807, 2.05) is 31.2 Å². The number of fused-ring (bicyclic) bond motifs is 1. The average molecular weight is 481 g/mol. The van der Waals surface area contributed by atoms with Crippen molar-refractivity contribution in [3.05, 3.63) is 92.4 Å². The van der Waals surface area contributed by atoms with Gasteiger partial charge >= 0.3 is 0 Å². The normalized spacial score (nSPS) is 13.0. The van der Waals surface area contributed by atoms with Gasteiger partial charge in [-0.05, 0) is 31.0 Å². The van der Waals surface area contributed by atoms with Crippen molar-refractivity contribution in [2.75, 3.05) is 11.4 Å². The molecule has 9 heteroatoms. The smallest absolute Gasteiger partial charge is 0.278 e. The summed E-state index contributed by atoms with van der Waals surface area (Å²) in [6.45, 7) is 3.57. The molecule has 0 spiro atoms. The lowest BCUT2D eigenvalue weighted by Crippen LogP contribution is -2.43. The number of nitrogens with one attached hydrogen (secondary N) is 1. The highest BCUT2D eigenvalue weighted by atomic mass is 19.1. The lowest BCUT2D eigenvalue weighted by atomic mass is 10.0. The van der Waals surface area contributed by atoms with E-state index in [1.165, 1.54) is 28.7 Å². The topological polar surface area (TPSA) is 91.6 Å². The minimum Gasteiger partial charge on any atom is -0.503 e. The first-order valence-corrected chi connectivity index (χ1v) is 11.3. The number of para-hydroxylation sites is 1. The van der Waals surface area contributed by atoms with E-state index >= 15 is 0 Å². The van der Waals surface area contributed by atoms with Crippen LogP contribution in [0, 0.1) is 18.6 Å². The summed E-state index contributed by atoms with van der Waals surface area (Å²) in [7, 11) is 0. The fraction of sp³-hybridized carbons (Fsp3) is 0.269. The number of nitrogens with zero attached hydrogens (tertiary/aromatic N) is 2. The molecule has 0 unspecified atom stereocenters. The second-order valence-electron chi connectivity index (χ2n) is 8.43. The summed E-state index contributed by atoms with van der Waals surface area (Å²) in [4.78, 5) is 40.3. The van der Waals surface area contributed by atoms with Gasteiger partial charge in [0.05, 0.1) is 0 Å². The number of halogens is 2. The Bertz CT molecular complexity index is 1380. The number of hydrogen-bond acceptors (Lipinski definition) is 4. The largest absolute Gasteiger partial charge is 0.503 e. The Balaban J connectivity index is 1.61.